The maximum Gasteiger partial charge on any atom is 0.170 e. The fourth-order valence-corrected chi connectivity index (χ4v) is 3.76. The zero-order valence-corrected chi connectivity index (χ0v) is 16.4. The van der Waals surface area contributed by atoms with Crippen LogP contribution in [0.2, 0.25) is 0 Å². The maximum absolute atomic E-state index is 5.42. The molecular formula is C22H29N3S. The normalized spacial score (nSPS) is 15.6. The van der Waals surface area contributed by atoms with Crippen molar-refractivity contribution in [3.05, 3.63) is 65.7 Å². The van der Waals surface area contributed by atoms with Gasteiger partial charge in [-0.3, -0.25) is 4.90 Å². The lowest BCUT2D eigenvalue weighted by atomic mass is 9.93. The molecule has 2 aromatic rings. The van der Waals surface area contributed by atoms with Crippen LogP contribution < -0.4 is 10.6 Å². The summed E-state index contributed by atoms with van der Waals surface area (Å²) in [6.07, 6.45) is 3.76. The van der Waals surface area contributed by atoms with Gasteiger partial charge in [0.05, 0.1) is 0 Å². The van der Waals surface area contributed by atoms with Gasteiger partial charge < -0.3 is 10.6 Å². The second kappa shape index (κ2) is 9.70. The van der Waals surface area contributed by atoms with Gasteiger partial charge in [-0.2, -0.15) is 0 Å². The molecule has 26 heavy (non-hydrogen) atoms. The Labute approximate surface area is 162 Å². The highest BCUT2D eigenvalue weighted by molar-refractivity contribution is 7.80. The van der Waals surface area contributed by atoms with E-state index in [1.54, 1.807) is 0 Å². The second-order valence-corrected chi connectivity index (χ2v) is 7.60. The molecule has 0 spiro atoms. The molecule has 0 amide bonds. The van der Waals surface area contributed by atoms with E-state index in [0.717, 1.165) is 29.8 Å². The van der Waals surface area contributed by atoms with E-state index in [4.69, 9.17) is 12.2 Å². The minimum atomic E-state index is 0.723. The predicted molar refractivity (Wildman–Crippen MR) is 114 cm³/mol. The minimum Gasteiger partial charge on any atom is -0.362 e. The van der Waals surface area contributed by atoms with E-state index in [2.05, 4.69) is 64.9 Å². The number of nitrogens with zero attached hydrogens (tertiary/aromatic N) is 1. The van der Waals surface area contributed by atoms with E-state index < -0.39 is 0 Å². The summed E-state index contributed by atoms with van der Waals surface area (Å²) in [6.45, 7) is 6.52. The van der Waals surface area contributed by atoms with E-state index in [1.165, 1.54) is 43.5 Å². The number of anilines is 1. The van der Waals surface area contributed by atoms with Crippen molar-refractivity contribution in [1.29, 1.82) is 0 Å². The number of para-hydroxylation sites is 1. The molecule has 1 saturated heterocycles. The first-order chi connectivity index (χ1) is 12.7. The van der Waals surface area contributed by atoms with Gasteiger partial charge >= 0.3 is 0 Å². The van der Waals surface area contributed by atoms with Crippen LogP contribution in [-0.2, 0) is 6.54 Å². The van der Waals surface area contributed by atoms with Crippen LogP contribution >= 0.6 is 12.2 Å². The predicted octanol–water partition coefficient (Wildman–Crippen LogP) is 4.58. The molecule has 1 heterocycles. The number of hydrogen-bond acceptors (Lipinski definition) is 2. The van der Waals surface area contributed by atoms with E-state index in [-0.39, 0.29) is 0 Å². The number of likely N-dealkylation sites (tertiary alicyclic amines) is 1. The van der Waals surface area contributed by atoms with Crippen molar-refractivity contribution in [2.24, 2.45) is 5.92 Å². The summed E-state index contributed by atoms with van der Waals surface area (Å²) < 4.78 is 0. The first-order valence-electron chi connectivity index (χ1n) is 9.57. The fourth-order valence-electron chi connectivity index (χ4n) is 3.54. The molecule has 138 valence electrons. The number of thiocarbonyl (C=S) groups is 1. The number of piperidine rings is 1. The third-order valence-electron chi connectivity index (χ3n) is 5.19. The van der Waals surface area contributed by atoms with Crippen LogP contribution in [0.1, 0.15) is 30.4 Å². The third-order valence-corrected chi connectivity index (χ3v) is 5.43. The van der Waals surface area contributed by atoms with E-state index in [1.807, 2.05) is 12.1 Å². The Kier molecular flexibility index (Phi) is 7.04. The average Bonchev–Trinajstić information content (AvgIpc) is 2.66. The molecule has 0 atom stereocenters. The van der Waals surface area contributed by atoms with Crippen LogP contribution in [0, 0.1) is 12.8 Å². The summed E-state index contributed by atoms with van der Waals surface area (Å²) in [4.78, 5) is 2.57. The number of aryl methyl sites for hydroxylation is 1. The summed E-state index contributed by atoms with van der Waals surface area (Å²) in [7, 11) is 0. The highest BCUT2D eigenvalue weighted by Crippen LogP contribution is 2.21. The standard InChI is InChI=1S/C22H29N3S/c1-18-7-5-6-10-21(18)24-22(26)23-14-11-19-12-15-25(16-13-19)17-20-8-3-2-4-9-20/h2-10,19H,11-17H2,1H3,(H2,23,24,26). The van der Waals surface area contributed by atoms with Crippen LogP contribution in [0.5, 0.6) is 0 Å². The Morgan fingerprint density at radius 3 is 2.46 bits per heavy atom. The van der Waals surface area contributed by atoms with Gasteiger partial charge in [-0.25, -0.2) is 0 Å². The summed E-state index contributed by atoms with van der Waals surface area (Å²) in [6, 6.07) is 19.0. The summed E-state index contributed by atoms with van der Waals surface area (Å²) in [5, 5.41) is 7.38. The summed E-state index contributed by atoms with van der Waals surface area (Å²) in [5.41, 5.74) is 3.71. The van der Waals surface area contributed by atoms with Gasteiger partial charge in [0, 0.05) is 18.8 Å². The lowest BCUT2D eigenvalue weighted by molar-refractivity contribution is 0.173. The van der Waals surface area contributed by atoms with Crippen molar-refractivity contribution in [3.8, 4) is 0 Å². The maximum atomic E-state index is 5.42. The van der Waals surface area contributed by atoms with E-state index in [9.17, 15) is 0 Å². The van der Waals surface area contributed by atoms with Gasteiger partial charge in [-0.05, 0) is 74.6 Å². The van der Waals surface area contributed by atoms with Crippen molar-refractivity contribution < 1.29 is 0 Å². The Balaban J connectivity index is 1.32. The lowest BCUT2D eigenvalue weighted by Crippen LogP contribution is -2.35. The van der Waals surface area contributed by atoms with Crippen LogP contribution in [0.4, 0.5) is 5.69 Å². The van der Waals surface area contributed by atoms with Crippen molar-refractivity contribution in [3.63, 3.8) is 0 Å². The summed E-state index contributed by atoms with van der Waals surface area (Å²) >= 11 is 5.42. The summed E-state index contributed by atoms with van der Waals surface area (Å²) in [5.74, 6) is 0.802. The van der Waals surface area contributed by atoms with Gasteiger partial charge in [0.25, 0.3) is 0 Å². The Bertz CT molecular complexity index is 694. The largest absolute Gasteiger partial charge is 0.362 e. The quantitative estimate of drug-likeness (QED) is 0.731. The number of rotatable bonds is 6. The topological polar surface area (TPSA) is 27.3 Å². The average molecular weight is 368 g/mol. The second-order valence-electron chi connectivity index (χ2n) is 7.19. The molecule has 3 nitrogen and oxygen atoms in total. The molecular weight excluding hydrogens is 338 g/mol. The molecule has 0 unspecified atom stereocenters. The van der Waals surface area contributed by atoms with Gasteiger partial charge in [-0.1, -0.05) is 48.5 Å². The molecule has 0 saturated carbocycles. The Morgan fingerprint density at radius 2 is 1.73 bits per heavy atom. The van der Waals surface area contributed by atoms with Gasteiger partial charge in [0.15, 0.2) is 5.11 Å². The number of hydrogen-bond donors (Lipinski definition) is 2. The van der Waals surface area contributed by atoms with Gasteiger partial charge in [-0.15, -0.1) is 0 Å². The molecule has 4 heteroatoms. The Morgan fingerprint density at radius 1 is 1.04 bits per heavy atom. The van der Waals surface area contributed by atoms with Gasteiger partial charge in [0.2, 0.25) is 0 Å². The first-order valence-corrected chi connectivity index (χ1v) is 9.98. The minimum absolute atomic E-state index is 0.723. The number of benzene rings is 2. The molecule has 0 aromatic heterocycles. The first kappa shape index (κ1) is 18.9. The highest BCUT2D eigenvalue weighted by Gasteiger charge is 2.18. The Hall–Kier alpha value is -1.91. The lowest BCUT2D eigenvalue weighted by Gasteiger charge is -2.32. The molecule has 3 rings (SSSR count). The monoisotopic (exact) mass is 367 g/mol. The molecule has 1 aliphatic rings. The van der Waals surface area contributed by atoms with Crippen molar-refractivity contribution >= 4 is 23.0 Å². The van der Waals surface area contributed by atoms with Gasteiger partial charge in [0.1, 0.15) is 0 Å². The van der Waals surface area contributed by atoms with Crippen LogP contribution in [0.3, 0.4) is 0 Å². The molecule has 0 radical (unpaired) electrons. The molecule has 1 fully saturated rings. The van der Waals surface area contributed by atoms with Crippen molar-refractivity contribution in [2.75, 3.05) is 25.0 Å². The number of nitrogens with one attached hydrogen (secondary N) is 2. The molecule has 2 N–H and O–H groups in total. The van der Waals surface area contributed by atoms with Crippen LogP contribution in [0.25, 0.3) is 0 Å². The van der Waals surface area contributed by atoms with E-state index >= 15 is 0 Å². The van der Waals surface area contributed by atoms with Crippen molar-refractivity contribution in [2.45, 2.75) is 32.7 Å². The highest BCUT2D eigenvalue weighted by atomic mass is 32.1. The zero-order valence-electron chi connectivity index (χ0n) is 15.6. The fraction of sp³-hybridized carbons (Fsp3) is 0.409. The molecule has 0 bridgehead atoms. The molecule has 1 aliphatic heterocycles. The van der Waals surface area contributed by atoms with E-state index in [0.29, 0.717) is 0 Å². The zero-order chi connectivity index (χ0) is 18.2. The van der Waals surface area contributed by atoms with Crippen LogP contribution in [-0.4, -0.2) is 29.6 Å². The van der Waals surface area contributed by atoms with Crippen molar-refractivity contribution in [1.82, 2.24) is 10.2 Å². The third kappa shape index (κ3) is 5.82. The molecule has 2 aromatic carbocycles. The molecule has 0 aliphatic carbocycles. The smallest absolute Gasteiger partial charge is 0.170 e. The SMILES string of the molecule is Cc1ccccc1NC(=S)NCCC1CCN(Cc2ccccc2)CC1. The van der Waals surface area contributed by atoms with Crippen LogP contribution in [0.15, 0.2) is 54.6 Å².